The summed E-state index contributed by atoms with van der Waals surface area (Å²) in [5.41, 5.74) is 0. The first-order valence-corrected chi connectivity index (χ1v) is 6.70. The van der Waals surface area contributed by atoms with Crippen LogP contribution in [0.5, 0.6) is 5.75 Å². The van der Waals surface area contributed by atoms with Crippen molar-refractivity contribution in [3.63, 3.8) is 0 Å². The van der Waals surface area contributed by atoms with E-state index < -0.39 is 0 Å². The van der Waals surface area contributed by atoms with Gasteiger partial charge in [-0.1, -0.05) is 23.2 Å². The Morgan fingerprint density at radius 2 is 2.11 bits per heavy atom. The van der Waals surface area contributed by atoms with Crippen LogP contribution in [0.2, 0.25) is 10.0 Å². The van der Waals surface area contributed by atoms with Gasteiger partial charge >= 0.3 is 5.97 Å². The Kier molecular flexibility index (Phi) is 6.99. The molecule has 0 aliphatic rings. The third kappa shape index (κ3) is 6.14. The number of likely N-dealkylation sites (N-methyl/N-ethyl adjacent to an activating group) is 1. The summed E-state index contributed by atoms with van der Waals surface area (Å²) in [4.78, 5) is 13.1. The first-order chi connectivity index (χ1) is 9.02. The fourth-order valence-corrected chi connectivity index (χ4v) is 1.87. The van der Waals surface area contributed by atoms with Gasteiger partial charge in [0, 0.05) is 11.6 Å². The normalized spacial score (nSPS) is 10.6. The molecular weight excluding hydrogens is 289 g/mol. The highest BCUT2D eigenvalue weighted by Crippen LogP contribution is 2.27. The van der Waals surface area contributed by atoms with Crippen molar-refractivity contribution in [2.24, 2.45) is 0 Å². The molecule has 0 aromatic heterocycles. The van der Waals surface area contributed by atoms with Crippen LogP contribution in [0.15, 0.2) is 18.2 Å². The second kappa shape index (κ2) is 8.25. The maximum absolute atomic E-state index is 11.2. The van der Waals surface area contributed by atoms with E-state index in [1.165, 1.54) is 0 Å². The number of nitrogens with zero attached hydrogens (tertiary/aromatic N) is 1. The Morgan fingerprint density at radius 3 is 2.74 bits per heavy atom. The van der Waals surface area contributed by atoms with Gasteiger partial charge in [0.15, 0.2) is 0 Å². The van der Waals surface area contributed by atoms with E-state index in [0.29, 0.717) is 35.6 Å². The van der Waals surface area contributed by atoms with Crippen molar-refractivity contribution in [3.8, 4) is 5.75 Å². The molecule has 0 N–H and O–H groups in total. The second-order valence-electron chi connectivity index (χ2n) is 3.97. The van der Waals surface area contributed by atoms with Gasteiger partial charge in [-0.3, -0.25) is 9.69 Å². The van der Waals surface area contributed by atoms with E-state index in [-0.39, 0.29) is 12.5 Å². The van der Waals surface area contributed by atoms with Crippen molar-refractivity contribution >= 4 is 29.2 Å². The molecule has 0 heterocycles. The molecule has 0 atom stereocenters. The molecule has 0 saturated carbocycles. The quantitative estimate of drug-likeness (QED) is 0.726. The van der Waals surface area contributed by atoms with Crippen molar-refractivity contribution in [3.05, 3.63) is 28.2 Å². The van der Waals surface area contributed by atoms with Gasteiger partial charge in [0.2, 0.25) is 0 Å². The topological polar surface area (TPSA) is 38.8 Å². The first-order valence-electron chi connectivity index (χ1n) is 5.95. The molecule has 0 saturated heterocycles. The average Bonchev–Trinajstić information content (AvgIpc) is 2.32. The van der Waals surface area contributed by atoms with Crippen molar-refractivity contribution in [2.75, 3.05) is 33.4 Å². The van der Waals surface area contributed by atoms with E-state index in [0.717, 1.165) is 0 Å². The molecule has 1 aromatic rings. The first kappa shape index (κ1) is 16.1. The highest BCUT2D eigenvalue weighted by Gasteiger charge is 2.08. The predicted molar refractivity (Wildman–Crippen MR) is 76.1 cm³/mol. The summed E-state index contributed by atoms with van der Waals surface area (Å²) in [6, 6.07) is 5.06. The van der Waals surface area contributed by atoms with Gasteiger partial charge in [-0.2, -0.15) is 0 Å². The van der Waals surface area contributed by atoms with E-state index in [9.17, 15) is 4.79 Å². The lowest BCUT2D eigenvalue weighted by molar-refractivity contribution is -0.144. The van der Waals surface area contributed by atoms with Gasteiger partial charge in [0.25, 0.3) is 0 Å². The van der Waals surface area contributed by atoms with Crippen LogP contribution in [0.25, 0.3) is 0 Å². The minimum absolute atomic E-state index is 0.241. The Morgan fingerprint density at radius 1 is 1.37 bits per heavy atom. The average molecular weight is 306 g/mol. The Balaban J connectivity index is 2.31. The zero-order valence-corrected chi connectivity index (χ0v) is 12.5. The molecule has 19 heavy (non-hydrogen) atoms. The summed E-state index contributed by atoms with van der Waals surface area (Å²) in [7, 11) is 1.82. The molecule has 0 spiro atoms. The maximum atomic E-state index is 11.2. The lowest BCUT2D eigenvalue weighted by Gasteiger charge is -2.16. The maximum Gasteiger partial charge on any atom is 0.320 e. The van der Waals surface area contributed by atoms with Gasteiger partial charge in [0.05, 0.1) is 18.2 Å². The number of ether oxygens (including phenoxy) is 2. The van der Waals surface area contributed by atoms with Crippen LogP contribution in [0.3, 0.4) is 0 Å². The van der Waals surface area contributed by atoms with Crippen LogP contribution in [-0.4, -0.2) is 44.2 Å². The van der Waals surface area contributed by atoms with Gasteiger partial charge in [-0.15, -0.1) is 0 Å². The zero-order valence-electron chi connectivity index (χ0n) is 11.0. The number of carbonyl (C=O) groups is 1. The summed E-state index contributed by atoms with van der Waals surface area (Å²) in [5.74, 6) is 0.338. The largest absolute Gasteiger partial charge is 0.491 e. The molecule has 0 radical (unpaired) electrons. The summed E-state index contributed by atoms with van der Waals surface area (Å²) in [6.45, 7) is 3.44. The third-order valence-electron chi connectivity index (χ3n) is 2.33. The number of esters is 1. The molecule has 0 fully saturated rings. The number of rotatable bonds is 7. The van der Waals surface area contributed by atoms with E-state index in [4.69, 9.17) is 32.7 Å². The van der Waals surface area contributed by atoms with E-state index in [1.807, 2.05) is 11.9 Å². The highest BCUT2D eigenvalue weighted by molar-refractivity contribution is 6.35. The van der Waals surface area contributed by atoms with Crippen LogP contribution in [-0.2, 0) is 9.53 Å². The number of benzene rings is 1. The second-order valence-corrected chi connectivity index (χ2v) is 4.81. The number of halogens is 2. The summed E-state index contributed by atoms with van der Waals surface area (Å²) >= 11 is 11.8. The van der Waals surface area contributed by atoms with Gasteiger partial charge < -0.3 is 9.47 Å². The van der Waals surface area contributed by atoms with E-state index in [2.05, 4.69) is 0 Å². The molecule has 6 heteroatoms. The molecule has 1 rings (SSSR count). The Labute approximate surface area is 123 Å². The highest BCUT2D eigenvalue weighted by atomic mass is 35.5. The van der Waals surface area contributed by atoms with E-state index in [1.54, 1.807) is 25.1 Å². The van der Waals surface area contributed by atoms with Crippen molar-refractivity contribution in [2.45, 2.75) is 6.92 Å². The molecule has 0 aliphatic carbocycles. The van der Waals surface area contributed by atoms with Crippen LogP contribution < -0.4 is 4.74 Å². The lowest BCUT2D eigenvalue weighted by Crippen LogP contribution is -2.31. The summed E-state index contributed by atoms with van der Waals surface area (Å²) in [6.07, 6.45) is 0. The van der Waals surface area contributed by atoms with Crippen molar-refractivity contribution in [1.29, 1.82) is 0 Å². The molecule has 4 nitrogen and oxygen atoms in total. The number of hydrogen-bond donors (Lipinski definition) is 0. The fraction of sp³-hybridized carbons (Fsp3) is 0.462. The van der Waals surface area contributed by atoms with Gasteiger partial charge in [-0.05, 0) is 32.2 Å². The molecule has 0 aliphatic heterocycles. The molecular formula is C13H17Cl2NO3. The zero-order chi connectivity index (χ0) is 14.3. The predicted octanol–water partition coefficient (Wildman–Crippen LogP) is 2.87. The molecule has 106 valence electrons. The molecule has 0 amide bonds. The van der Waals surface area contributed by atoms with Crippen molar-refractivity contribution < 1.29 is 14.3 Å². The molecule has 1 aromatic carbocycles. The monoisotopic (exact) mass is 305 g/mol. The van der Waals surface area contributed by atoms with Gasteiger partial charge in [-0.25, -0.2) is 0 Å². The fourth-order valence-electron chi connectivity index (χ4n) is 1.41. The smallest absolute Gasteiger partial charge is 0.320 e. The SMILES string of the molecule is CCOC(=O)CN(C)CCOc1ccc(Cl)cc1Cl. The third-order valence-corrected chi connectivity index (χ3v) is 2.86. The van der Waals surface area contributed by atoms with Crippen molar-refractivity contribution in [1.82, 2.24) is 4.90 Å². The van der Waals surface area contributed by atoms with Crippen LogP contribution in [0, 0.1) is 0 Å². The lowest BCUT2D eigenvalue weighted by atomic mass is 10.3. The van der Waals surface area contributed by atoms with E-state index >= 15 is 0 Å². The minimum Gasteiger partial charge on any atom is -0.491 e. The summed E-state index contributed by atoms with van der Waals surface area (Å²) < 4.78 is 10.4. The number of hydrogen-bond acceptors (Lipinski definition) is 4. The summed E-state index contributed by atoms with van der Waals surface area (Å²) in [5, 5.41) is 1.04. The van der Waals surface area contributed by atoms with Crippen LogP contribution in [0.4, 0.5) is 0 Å². The van der Waals surface area contributed by atoms with Gasteiger partial charge in [0.1, 0.15) is 12.4 Å². The Bertz CT molecular complexity index is 426. The molecule has 0 bridgehead atoms. The van der Waals surface area contributed by atoms with Crippen LogP contribution >= 0.6 is 23.2 Å². The standard InChI is InChI=1S/C13H17Cl2NO3/c1-3-18-13(17)9-16(2)6-7-19-12-5-4-10(14)8-11(12)15/h4-5,8H,3,6-7,9H2,1-2H3. The minimum atomic E-state index is -0.241. The van der Waals surface area contributed by atoms with Crippen LogP contribution in [0.1, 0.15) is 6.92 Å². The molecule has 0 unspecified atom stereocenters. The Hall–Kier alpha value is -0.970. The number of carbonyl (C=O) groups excluding carboxylic acids is 1.